The molecule has 0 saturated heterocycles. The van der Waals surface area contributed by atoms with E-state index in [1.807, 2.05) is 0 Å². The van der Waals surface area contributed by atoms with Crippen LogP contribution in [0.2, 0.25) is 0 Å². The van der Waals surface area contributed by atoms with Crippen molar-refractivity contribution in [1.29, 1.82) is 0 Å². The lowest BCUT2D eigenvalue weighted by atomic mass is 9.89. The summed E-state index contributed by atoms with van der Waals surface area (Å²) in [5.74, 6) is 0.805. The molecule has 8 heteroatoms. The lowest BCUT2D eigenvalue weighted by Crippen LogP contribution is -2.57. The molecule has 0 spiro atoms. The molecule has 1 fully saturated rings. The van der Waals surface area contributed by atoms with Crippen molar-refractivity contribution < 1.29 is 23.9 Å². The maximum absolute atomic E-state index is 13.3. The van der Waals surface area contributed by atoms with Crippen LogP contribution in [0.3, 0.4) is 0 Å². The average Bonchev–Trinajstić information content (AvgIpc) is 3.49. The van der Waals surface area contributed by atoms with E-state index in [-0.39, 0.29) is 18.1 Å². The van der Waals surface area contributed by atoms with Crippen molar-refractivity contribution in [2.24, 2.45) is 5.92 Å². The second-order valence-electron chi connectivity index (χ2n) is 12.5. The number of quaternary nitrogens is 1. The monoisotopic (exact) mass is 608 g/mol. The number of aliphatic hydroxyl groups is 1. The van der Waals surface area contributed by atoms with Crippen LogP contribution in [0.5, 0.6) is 5.88 Å². The molecule has 1 N–H and O–H groups in total. The first-order valence-electron chi connectivity index (χ1n) is 17.2. The van der Waals surface area contributed by atoms with Crippen molar-refractivity contribution in [3.63, 3.8) is 0 Å². The standard InChI is InChI=1S/C33H58N3O3S.CH4O/c1-4-6-8-10-11-12-13-14-18-24-30(39-33(37)28-21-16-15-17-22-28)36(3)25-20-23-29(27-36)31-32(35-40-34-31)38-26-19-9-7-5-2;1-2/h23,28,30H,4-22,24-27H2,1-3H3;2H,1H3/q+1;. The molecular weight excluding hydrogens is 546 g/mol. The van der Waals surface area contributed by atoms with Gasteiger partial charge in [-0.3, -0.25) is 9.28 Å². The van der Waals surface area contributed by atoms with Gasteiger partial charge in [-0.05, 0) is 25.7 Å². The van der Waals surface area contributed by atoms with E-state index in [1.54, 1.807) is 0 Å². The Morgan fingerprint density at radius 3 is 2.21 bits per heavy atom. The van der Waals surface area contributed by atoms with Gasteiger partial charge in [-0.15, -0.1) is 4.37 Å². The molecule has 1 aromatic heterocycles. The topological polar surface area (TPSA) is 81.5 Å². The molecule has 242 valence electrons. The largest absolute Gasteiger partial charge is 0.475 e. The number of hydrogen-bond donors (Lipinski definition) is 1. The van der Waals surface area contributed by atoms with Crippen molar-refractivity contribution in [1.82, 2.24) is 8.75 Å². The zero-order chi connectivity index (χ0) is 30.5. The Kier molecular flexibility index (Phi) is 19.3. The molecule has 1 saturated carbocycles. The molecular formula is C34H62N3O4S+. The summed E-state index contributed by atoms with van der Waals surface area (Å²) in [7, 11) is 3.28. The number of likely N-dealkylation sites (N-methyl/N-ethyl adjacent to an activating group) is 1. The number of carbonyl (C=O) groups is 1. The normalized spacial score (nSPS) is 19.9. The Morgan fingerprint density at radius 1 is 0.929 bits per heavy atom. The summed E-state index contributed by atoms with van der Waals surface area (Å²) >= 11 is 1.24. The SMILES string of the molecule is CCCCCCCCCCCC(OC(=O)C1CCCCC1)[N+]1(C)CCC=C(c2nsnc2OCCCCCC)C1.CO. The van der Waals surface area contributed by atoms with Gasteiger partial charge in [0.05, 0.1) is 37.8 Å². The fourth-order valence-corrected chi connectivity index (χ4v) is 6.88. The highest BCUT2D eigenvalue weighted by atomic mass is 32.1. The van der Waals surface area contributed by atoms with E-state index in [4.69, 9.17) is 14.6 Å². The smallest absolute Gasteiger partial charge is 0.313 e. The Labute approximate surface area is 261 Å². The van der Waals surface area contributed by atoms with Gasteiger partial charge in [0.2, 0.25) is 6.23 Å². The van der Waals surface area contributed by atoms with Crippen LogP contribution in [0.25, 0.3) is 5.57 Å². The maximum atomic E-state index is 13.3. The number of hydrogen-bond acceptors (Lipinski definition) is 7. The minimum atomic E-state index is -0.104. The lowest BCUT2D eigenvalue weighted by Gasteiger charge is -2.43. The highest BCUT2D eigenvalue weighted by Gasteiger charge is 2.40. The summed E-state index contributed by atoms with van der Waals surface area (Å²) in [6.45, 7) is 6.98. The van der Waals surface area contributed by atoms with Crippen LogP contribution in [0, 0.1) is 5.92 Å². The highest BCUT2D eigenvalue weighted by Crippen LogP contribution is 2.34. The minimum absolute atomic E-state index is 0.0440. The molecule has 0 aromatic carbocycles. The van der Waals surface area contributed by atoms with Gasteiger partial charge in [-0.2, -0.15) is 4.37 Å². The van der Waals surface area contributed by atoms with Gasteiger partial charge in [0.25, 0.3) is 5.88 Å². The predicted octanol–water partition coefficient (Wildman–Crippen LogP) is 8.71. The van der Waals surface area contributed by atoms with E-state index in [0.717, 1.165) is 81.7 Å². The number of ether oxygens (including phenoxy) is 2. The summed E-state index contributed by atoms with van der Waals surface area (Å²) in [4.78, 5) is 13.3. The number of unbranched alkanes of at least 4 members (excludes halogenated alkanes) is 11. The minimum Gasteiger partial charge on any atom is -0.475 e. The number of aromatic nitrogens is 2. The third-order valence-corrected chi connectivity index (χ3v) is 9.51. The van der Waals surface area contributed by atoms with E-state index < -0.39 is 0 Å². The number of rotatable bonds is 20. The van der Waals surface area contributed by atoms with Gasteiger partial charge in [0.15, 0.2) is 0 Å². The van der Waals surface area contributed by atoms with Gasteiger partial charge >= 0.3 is 5.97 Å². The van der Waals surface area contributed by atoms with Crippen LogP contribution < -0.4 is 4.74 Å². The highest BCUT2D eigenvalue weighted by molar-refractivity contribution is 6.99. The van der Waals surface area contributed by atoms with Crippen molar-refractivity contribution in [3.05, 3.63) is 11.8 Å². The Balaban J connectivity index is 0.00000301. The summed E-state index contributed by atoms with van der Waals surface area (Å²) in [6.07, 6.45) is 26.1. The Hall–Kier alpha value is -1.51. The number of carbonyl (C=O) groups excluding carboxylic acids is 1. The van der Waals surface area contributed by atoms with Gasteiger partial charge in [0, 0.05) is 25.5 Å². The Bertz CT molecular complexity index is 871. The summed E-state index contributed by atoms with van der Waals surface area (Å²) < 4.78 is 22.4. The zero-order valence-corrected chi connectivity index (χ0v) is 28.2. The molecule has 2 aliphatic rings. The van der Waals surface area contributed by atoms with Crippen LogP contribution in [-0.2, 0) is 9.53 Å². The quantitative estimate of drug-likeness (QED) is 0.0906. The third-order valence-electron chi connectivity index (χ3n) is 9.00. The van der Waals surface area contributed by atoms with Crippen LogP contribution >= 0.6 is 11.7 Å². The maximum Gasteiger partial charge on any atom is 0.313 e. The van der Waals surface area contributed by atoms with Crippen LogP contribution in [-0.4, -0.2) is 64.4 Å². The number of esters is 1. The number of nitrogens with zero attached hydrogens (tertiary/aromatic N) is 3. The second kappa shape index (κ2) is 22.1. The fraction of sp³-hybridized carbons (Fsp3) is 0.853. The van der Waals surface area contributed by atoms with E-state index in [2.05, 4.69) is 35.7 Å². The van der Waals surface area contributed by atoms with Crippen molar-refractivity contribution in [3.8, 4) is 5.88 Å². The van der Waals surface area contributed by atoms with Crippen LogP contribution in [0.1, 0.15) is 148 Å². The van der Waals surface area contributed by atoms with Crippen molar-refractivity contribution in [2.75, 3.05) is 33.9 Å². The molecule has 1 aliphatic carbocycles. The lowest BCUT2D eigenvalue weighted by molar-refractivity contribution is -0.947. The molecule has 0 bridgehead atoms. The third kappa shape index (κ3) is 13.0. The molecule has 2 unspecified atom stereocenters. The molecule has 0 amide bonds. The molecule has 1 aromatic rings. The molecule has 42 heavy (non-hydrogen) atoms. The van der Waals surface area contributed by atoms with Gasteiger partial charge < -0.3 is 14.6 Å². The van der Waals surface area contributed by atoms with E-state index >= 15 is 0 Å². The molecule has 2 heterocycles. The van der Waals surface area contributed by atoms with E-state index in [9.17, 15) is 4.79 Å². The summed E-state index contributed by atoms with van der Waals surface area (Å²) in [6, 6.07) is 0. The molecule has 7 nitrogen and oxygen atoms in total. The number of aliphatic hydroxyl groups excluding tert-OH is 1. The van der Waals surface area contributed by atoms with Crippen molar-refractivity contribution in [2.45, 2.75) is 148 Å². The molecule has 0 radical (unpaired) electrons. The van der Waals surface area contributed by atoms with Crippen LogP contribution in [0.4, 0.5) is 0 Å². The average molecular weight is 609 g/mol. The first-order valence-corrected chi connectivity index (χ1v) is 17.9. The summed E-state index contributed by atoms with van der Waals surface area (Å²) in [5, 5.41) is 7.00. The summed E-state index contributed by atoms with van der Waals surface area (Å²) in [5.41, 5.74) is 2.09. The molecule has 2 atom stereocenters. The van der Waals surface area contributed by atoms with E-state index in [0.29, 0.717) is 12.5 Å². The zero-order valence-electron chi connectivity index (χ0n) is 27.4. The van der Waals surface area contributed by atoms with Crippen molar-refractivity contribution >= 4 is 23.3 Å². The fourth-order valence-electron chi connectivity index (χ4n) is 6.35. The molecule has 1 aliphatic heterocycles. The Morgan fingerprint density at radius 2 is 1.55 bits per heavy atom. The van der Waals surface area contributed by atoms with Gasteiger partial charge in [-0.1, -0.05) is 110 Å². The van der Waals surface area contributed by atoms with Gasteiger partial charge in [-0.25, -0.2) is 0 Å². The molecule has 3 rings (SSSR count). The van der Waals surface area contributed by atoms with Gasteiger partial charge in [0.1, 0.15) is 12.2 Å². The van der Waals surface area contributed by atoms with E-state index in [1.165, 1.54) is 94.4 Å². The first kappa shape index (κ1) is 36.7. The predicted molar refractivity (Wildman–Crippen MR) is 175 cm³/mol. The van der Waals surface area contributed by atoms with Crippen LogP contribution in [0.15, 0.2) is 6.08 Å². The second-order valence-corrected chi connectivity index (χ2v) is 13.1. The first-order chi connectivity index (χ1) is 20.6.